The number of nitrogens with zero attached hydrogens (tertiary/aromatic N) is 3. The molecule has 1 unspecified atom stereocenters. The van der Waals surface area contributed by atoms with Gasteiger partial charge in [0.1, 0.15) is 18.3 Å². The minimum absolute atomic E-state index is 0.114. The topological polar surface area (TPSA) is 58.7 Å². The fraction of sp³-hybridized carbons (Fsp3) is 0.214. The van der Waals surface area contributed by atoms with Crippen LogP contribution in [0.2, 0.25) is 0 Å². The van der Waals surface area contributed by atoms with Gasteiger partial charge in [0.2, 0.25) is 5.91 Å². The highest BCUT2D eigenvalue weighted by Crippen LogP contribution is 2.42. The molecule has 6 rings (SSSR count). The van der Waals surface area contributed by atoms with Crippen LogP contribution in [0.1, 0.15) is 46.3 Å². The van der Waals surface area contributed by atoms with E-state index in [1.54, 1.807) is 17.2 Å². The van der Waals surface area contributed by atoms with E-state index in [-0.39, 0.29) is 24.1 Å². The van der Waals surface area contributed by atoms with Gasteiger partial charge in [-0.05, 0) is 73.5 Å². The van der Waals surface area contributed by atoms with Crippen LogP contribution in [0, 0.1) is 0 Å². The van der Waals surface area contributed by atoms with Gasteiger partial charge in [0, 0.05) is 17.8 Å². The molecular formula is C28H22F3N3O3. The molecule has 2 amide bonds. The highest BCUT2D eigenvalue weighted by molar-refractivity contribution is 6.02. The summed E-state index contributed by atoms with van der Waals surface area (Å²) in [6.07, 6.45) is 0.461. The number of anilines is 1. The van der Waals surface area contributed by atoms with E-state index in [4.69, 9.17) is 4.42 Å². The van der Waals surface area contributed by atoms with Gasteiger partial charge in [0.05, 0.1) is 28.9 Å². The van der Waals surface area contributed by atoms with Crippen molar-refractivity contribution >= 4 is 17.5 Å². The standard InChI is InChI=1S/C28H22F3N3O3/c29-28(30,31)19-11-9-18(10-12-19)27(36)33(20-13-14-20)17-25(35)34-22-6-2-1-5-21(22)32-15-3-7-23(32)26(34)24-8-4-16-37-24/h1-12,15-16,20,26H,13-14,17H2. The van der Waals surface area contributed by atoms with E-state index in [1.165, 1.54) is 17.0 Å². The lowest BCUT2D eigenvalue weighted by Gasteiger charge is -2.38. The van der Waals surface area contributed by atoms with Gasteiger partial charge in [-0.3, -0.25) is 14.5 Å². The van der Waals surface area contributed by atoms with E-state index in [0.717, 1.165) is 36.4 Å². The Bertz CT molecular complexity index is 1450. The first-order valence-electron chi connectivity index (χ1n) is 11.9. The Kier molecular flexibility index (Phi) is 5.43. The molecule has 1 saturated carbocycles. The average molecular weight is 505 g/mol. The maximum atomic E-state index is 14.0. The summed E-state index contributed by atoms with van der Waals surface area (Å²) in [5, 5.41) is 0. The second-order valence-corrected chi connectivity index (χ2v) is 9.21. The maximum Gasteiger partial charge on any atom is 0.416 e. The Morgan fingerprint density at radius 2 is 1.65 bits per heavy atom. The number of rotatable bonds is 5. The Morgan fingerprint density at radius 1 is 0.919 bits per heavy atom. The second kappa shape index (κ2) is 8.69. The van der Waals surface area contributed by atoms with Crippen LogP contribution < -0.4 is 4.90 Å². The number of para-hydroxylation sites is 2. The summed E-state index contributed by atoms with van der Waals surface area (Å²) >= 11 is 0. The fourth-order valence-electron chi connectivity index (χ4n) is 4.92. The predicted octanol–water partition coefficient (Wildman–Crippen LogP) is 5.83. The van der Waals surface area contributed by atoms with Crippen molar-refractivity contribution in [3.8, 4) is 5.69 Å². The minimum atomic E-state index is -4.49. The molecule has 2 aromatic heterocycles. The largest absolute Gasteiger partial charge is 0.467 e. The number of benzene rings is 2. The van der Waals surface area contributed by atoms with Gasteiger partial charge in [-0.1, -0.05) is 12.1 Å². The third-order valence-corrected chi connectivity index (χ3v) is 6.81. The summed E-state index contributed by atoms with van der Waals surface area (Å²) in [7, 11) is 0. The van der Waals surface area contributed by atoms with Crippen molar-refractivity contribution in [1.82, 2.24) is 9.47 Å². The second-order valence-electron chi connectivity index (χ2n) is 9.21. The average Bonchev–Trinajstić information content (AvgIpc) is 3.36. The number of carbonyl (C=O) groups excluding carboxylic acids is 2. The van der Waals surface area contributed by atoms with Crippen molar-refractivity contribution in [3.63, 3.8) is 0 Å². The number of alkyl halides is 3. The van der Waals surface area contributed by atoms with Crippen LogP contribution in [0.15, 0.2) is 89.7 Å². The molecule has 37 heavy (non-hydrogen) atoms. The summed E-state index contributed by atoms with van der Waals surface area (Å²) in [4.78, 5) is 30.5. The lowest BCUT2D eigenvalue weighted by atomic mass is 10.0. The van der Waals surface area contributed by atoms with Crippen molar-refractivity contribution in [3.05, 3.63) is 108 Å². The number of carbonyl (C=O) groups is 2. The zero-order chi connectivity index (χ0) is 25.7. The molecule has 0 N–H and O–H groups in total. The van der Waals surface area contributed by atoms with Crippen molar-refractivity contribution in [2.24, 2.45) is 0 Å². The quantitative estimate of drug-likeness (QED) is 0.343. The predicted molar refractivity (Wildman–Crippen MR) is 129 cm³/mol. The summed E-state index contributed by atoms with van der Waals surface area (Å²) in [5.74, 6) is -0.198. The van der Waals surface area contributed by atoms with Crippen LogP contribution in [-0.2, 0) is 11.0 Å². The molecule has 3 heterocycles. The first-order chi connectivity index (χ1) is 17.8. The first kappa shape index (κ1) is 23.1. The molecule has 188 valence electrons. The van der Waals surface area contributed by atoms with Crippen LogP contribution >= 0.6 is 0 Å². The van der Waals surface area contributed by atoms with Crippen LogP contribution in [0.25, 0.3) is 5.69 Å². The van der Waals surface area contributed by atoms with Gasteiger partial charge in [0.15, 0.2) is 0 Å². The SMILES string of the molecule is O=C(c1ccc(C(F)(F)F)cc1)N(CC(=O)N1c2ccccc2-n2cccc2C1c1ccco1)C1CC1. The van der Waals surface area contributed by atoms with Gasteiger partial charge in [-0.2, -0.15) is 13.2 Å². The van der Waals surface area contributed by atoms with Gasteiger partial charge in [0.25, 0.3) is 5.91 Å². The lowest BCUT2D eigenvalue weighted by molar-refractivity contribution is -0.137. The van der Waals surface area contributed by atoms with Crippen molar-refractivity contribution in [1.29, 1.82) is 0 Å². The molecule has 1 aliphatic carbocycles. The van der Waals surface area contributed by atoms with E-state index in [1.807, 2.05) is 53.2 Å². The molecule has 0 spiro atoms. The monoisotopic (exact) mass is 505 g/mol. The molecule has 1 fully saturated rings. The number of hydrogen-bond acceptors (Lipinski definition) is 3. The normalized spacial score (nSPS) is 16.7. The molecule has 0 radical (unpaired) electrons. The Morgan fingerprint density at radius 3 is 2.30 bits per heavy atom. The van der Waals surface area contributed by atoms with Crippen molar-refractivity contribution in [2.75, 3.05) is 11.4 Å². The smallest absolute Gasteiger partial charge is 0.416 e. The molecule has 0 saturated heterocycles. The van der Waals surface area contributed by atoms with Gasteiger partial charge in [-0.25, -0.2) is 0 Å². The molecular weight excluding hydrogens is 483 g/mol. The molecule has 9 heteroatoms. The molecule has 2 aromatic carbocycles. The number of hydrogen-bond donors (Lipinski definition) is 0. The highest BCUT2D eigenvalue weighted by atomic mass is 19.4. The maximum absolute atomic E-state index is 14.0. The van der Waals surface area contributed by atoms with Crippen LogP contribution in [0.4, 0.5) is 18.9 Å². The van der Waals surface area contributed by atoms with Gasteiger partial charge in [-0.15, -0.1) is 0 Å². The summed E-state index contributed by atoms with van der Waals surface area (Å²) < 4.78 is 46.7. The number of aromatic nitrogens is 1. The van der Waals surface area contributed by atoms with Gasteiger partial charge >= 0.3 is 6.18 Å². The van der Waals surface area contributed by atoms with E-state index in [2.05, 4.69) is 0 Å². The van der Waals surface area contributed by atoms with E-state index in [0.29, 0.717) is 11.4 Å². The third kappa shape index (κ3) is 4.10. The van der Waals surface area contributed by atoms with Crippen molar-refractivity contribution in [2.45, 2.75) is 31.1 Å². The van der Waals surface area contributed by atoms with Crippen LogP contribution in [0.3, 0.4) is 0 Å². The molecule has 1 atom stereocenters. The van der Waals surface area contributed by atoms with Crippen LogP contribution in [-0.4, -0.2) is 33.9 Å². The molecule has 6 nitrogen and oxygen atoms in total. The highest BCUT2D eigenvalue weighted by Gasteiger charge is 2.41. The third-order valence-electron chi connectivity index (χ3n) is 6.81. The summed E-state index contributed by atoms with van der Waals surface area (Å²) in [5.41, 5.74) is 1.63. The summed E-state index contributed by atoms with van der Waals surface area (Å²) in [6, 6.07) is 18.3. The lowest BCUT2D eigenvalue weighted by Crippen LogP contribution is -2.47. The van der Waals surface area contributed by atoms with Crippen molar-refractivity contribution < 1.29 is 27.2 Å². The molecule has 4 aromatic rings. The Labute approximate surface area is 210 Å². The molecule has 2 aliphatic rings. The Hall–Kier alpha value is -4.27. The van der Waals surface area contributed by atoms with E-state index < -0.39 is 23.7 Å². The number of furan rings is 1. The summed E-state index contributed by atoms with van der Waals surface area (Å²) in [6.45, 7) is -0.212. The van der Waals surface area contributed by atoms with Gasteiger partial charge < -0.3 is 13.9 Å². The van der Waals surface area contributed by atoms with Crippen LogP contribution in [0.5, 0.6) is 0 Å². The fourth-order valence-corrected chi connectivity index (χ4v) is 4.92. The zero-order valence-electron chi connectivity index (χ0n) is 19.6. The first-order valence-corrected chi connectivity index (χ1v) is 11.9. The minimum Gasteiger partial charge on any atom is -0.467 e. The molecule has 0 bridgehead atoms. The number of fused-ring (bicyclic) bond motifs is 3. The number of amides is 2. The Balaban J connectivity index is 1.34. The molecule has 1 aliphatic heterocycles. The number of halogens is 3. The van der Waals surface area contributed by atoms with E-state index >= 15 is 0 Å². The zero-order valence-corrected chi connectivity index (χ0v) is 19.6. The van der Waals surface area contributed by atoms with E-state index in [9.17, 15) is 22.8 Å².